The number of nitrogens with two attached hydrogens (primary N) is 3. The molecule has 0 bridgehead atoms. The van der Waals surface area contributed by atoms with Crippen LogP contribution in [0.3, 0.4) is 0 Å². The average molecular weight is 440 g/mol. The second-order valence-electron chi connectivity index (χ2n) is 6.47. The first-order chi connectivity index (χ1) is 14.5. The molecule has 11 N–H and O–H groups in total. The van der Waals surface area contributed by atoms with Crippen molar-refractivity contribution in [3.8, 4) is 0 Å². The number of aromatic nitrogens is 2. The number of imidazole rings is 1. The first kappa shape index (κ1) is 25.0. The van der Waals surface area contributed by atoms with Crippen molar-refractivity contribution >= 4 is 35.5 Å². The first-order valence-corrected chi connectivity index (χ1v) is 8.89. The van der Waals surface area contributed by atoms with Crippen LogP contribution in [0.5, 0.6) is 0 Å². The Bertz CT molecular complexity index is 826. The van der Waals surface area contributed by atoms with Crippen molar-refractivity contribution in [1.82, 2.24) is 25.9 Å². The van der Waals surface area contributed by atoms with Gasteiger partial charge in [-0.05, 0) is 0 Å². The molecule has 5 amide bonds. The van der Waals surface area contributed by atoms with Crippen molar-refractivity contribution in [2.24, 2.45) is 17.2 Å². The molecule has 0 saturated carbocycles. The van der Waals surface area contributed by atoms with E-state index in [9.17, 15) is 28.8 Å². The predicted octanol–water partition coefficient (Wildman–Crippen LogP) is -4.80. The predicted molar refractivity (Wildman–Crippen MR) is 102 cm³/mol. The van der Waals surface area contributed by atoms with Gasteiger partial charge in [0.15, 0.2) is 0 Å². The molecular formula is C16H24N8O7. The second-order valence-corrected chi connectivity index (χ2v) is 6.47. The minimum Gasteiger partial charge on any atom is -0.480 e. The number of primary amides is 2. The van der Waals surface area contributed by atoms with Crippen LogP contribution < -0.4 is 33.2 Å². The molecule has 31 heavy (non-hydrogen) atoms. The number of nitrogens with zero attached hydrogens (tertiary/aromatic N) is 1. The van der Waals surface area contributed by atoms with Gasteiger partial charge in [0, 0.05) is 18.3 Å². The zero-order chi connectivity index (χ0) is 23.6. The lowest BCUT2D eigenvalue weighted by Crippen LogP contribution is -2.55. The fraction of sp³-hybridized carbons (Fsp3) is 0.438. The van der Waals surface area contributed by atoms with Gasteiger partial charge in [0.1, 0.15) is 12.1 Å². The van der Waals surface area contributed by atoms with Gasteiger partial charge in [0.2, 0.25) is 29.5 Å². The highest BCUT2D eigenvalue weighted by molar-refractivity contribution is 5.95. The molecule has 1 aromatic rings. The molecule has 0 fully saturated rings. The van der Waals surface area contributed by atoms with Crippen LogP contribution in [0.1, 0.15) is 18.5 Å². The van der Waals surface area contributed by atoms with E-state index in [0.29, 0.717) is 5.69 Å². The summed E-state index contributed by atoms with van der Waals surface area (Å²) in [5, 5.41) is 15.4. The van der Waals surface area contributed by atoms with E-state index in [4.69, 9.17) is 22.3 Å². The zero-order valence-electron chi connectivity index (χ0n) is 16.3. The Morgan fingerprint density at radius 2 is 1.61 bits per heavy atom. The van der Waals surface area contributed by atoms with Crippen LogP contribution in [0.15, 0.2) is 12.5 Å². The number of aromatic amines is 1. The van der Waals surface area contributed by atoms with E-state index in [1.165, 1.54) is 12.5 Å². The molecule has 0 saturated heterocycles. The average Bonchev–Trinajstić information content (AvgIpc) is 3.17. The Morgan fingerprint density at radius 3 is 2.13 bits per heavy atom. The maximum atomic E-state index is 12.3. The summed E-state index contributed by atoms with van der Waals surface area (Å²) in [5.74, 6) is -5.98. The number of carboxylic acids is 1. The van der Waals surface area contributed by atoms with Crippen LogP contribution in [0.4, 0.5) is 0 Å². The SMILES string of the molecule is NC(=O)CC(NC(=O)CNC(=O)C(CC(N)=O)NC(=O)C(N)Cc1cnc[nH]1)C(=O)O. The van der Waals surface area contributed by atoms with Gasteiger partial charge in [-0.1, -0.05) is 0 Å². The quantitative estimate of drug-likeness (QED) is 0.146. The third-order valence-corrected chi connectivity index (χ3v) is 3.83. The van der Waals surface area contributed by atoms with Crippen LogP contribution in [0.25, 0.3) is 0 Å². The Labute approximate surface area is 175 Å². The van der Waals surface area contributed by atoms with Gasteiger partial charge in [-0.25, -0.2) is 9.78 Å². The van der Waals surface area contributed by atoms with Crippen molar-refractivity contribution in [2.45, 2.75) is 37.4 Å². The zero-order valence-corrected chi connectivity index (χ0v) is 16.3. The molecule has 1 heterocycles. The highest BCUT2D eigenvalue weighted by Gasteiger charge is 2.27. The Kier molecular flexibility index (Phi) is 9.58. The van der Waals surface area contributed by atoms with Gasteiger partial charge in [0.05, 0.1) is 31.8 Å². The van der Waals surface area contributed by atoms with Crippen LogP contribution in [-0.4, -0.2) is 75.2 Å². The van der Waals surface area contributed by atoms with Crippen LogP contribution in [0, 0.1) is 0 Å². The molecule has 0 aliphatic carbocycles. The van der Waals surface area contributed by atoms with Crippen molar-refractivity contribution < 1.29 is 33.9 Å². The highest BCUT2D eigenvalue weighted by atomic mass is 16.4. The van der Waals surface area contributed by atoms with Crippen molar-refractivity contribution in [2.75, 3.05) is 6.54 Å². The summed E-state index contributed by atoms with van der Waals surface area (Å²) in [4.78, 5) is 76.0. The summed E-state index contributed by atoms with van der Waals surface area (Å²) in [7, 11) is 0. The molecule has 0 aliphatic heterocycles. The smallest absolute Gasteiger partial charge is 0.326 e. The summed E-state index contributed by atoms with van der Waals surface area (Å²) < 4.78 is 0. The van der Waals surface area contributed by atoms with Crippen molar-refractivity contribution in [1.29, 1.82) is 0 Å². The standard InChI is InChI=1S/C16H24N8O7/c17-8(1-7-4-20-6-22-7)14(28)24-9(2-11(18)25)15(29)21-5-13(27)23-10(16(30)31)3-12(19)26/h4,6,8-10H,1-3,5,17H2,(H2,18,25)(H2,19,26)(H,20,22)(H,21,29)(H,23,27)(H,24,28)(H,30,31). The molecule has 0 spiro atoms. The van der Waals surface area contributed by atoms with Gasteiger partial charge in [-0.3, -0.25) is 24.0 Å². The molecule has 1 aromatic heterocycles. The number of carboxylic acid groups (broad SMARTS) is 1. The van der Waals surface area contributed by atoms with E-state index < -0.39 is 73.0 Å². The van der Waals surface area contributed by atoms with Gasteiger partial charge in [-0.15, -0.1) is 0 Å². The van der Waals surface area contributed by atoms with Crippen LogP contribution >= 0.6 is 0 Å². The number of hydrogen-bond acceptors (Lipinski definition) is 8. The number of carbonyl (C=O) groups is 6. The van der Waals surface area contributed by atoms with Crippen molar-refractivity contribution in [3.63, 3.8) is 0 Å². The molecule has 3 atom stereocenters. The normalized spacial score (nSPS) is 13.3. The van der Waals surface area contributed by atoms with E-state index in [0.717, 1.165) is 0 Å². The number of nitrogens with one attached hydrogen (secondary N) is 4. The number of amides is 5. The van der Waals surface area contributed by atoms with E-state index in [-0.39, 0.29) is 6.42 Å². The fourth-order valence-corrected chi connectivity index (χ4v) is 2.35. The third kappa shape index (κ3) is 9.35. The molecule has 1 rings (SSSR count). The topological polar surface area (TPSA) is 265 Å². The molecule has 3 unspecified atom stereocenters. The highest BCUT2D eigenvalue weighted by Crippen LogP contribution is 1.99. The third-order valence-electron chi connectivity index (χ3n) is 3.83. The Hall–Kier alpha value is -4.01. The first-order valence-electron chi connectivity index (χ1n) is 8.89. The van der Waals surface area contributed by atoms with E-state index >= 15 is 0 Å². The van der Waals surface area contributed by atoms with Gasteiger partial charge < -0.3 is 43.2 Å². The minimum absolute atomic E-state index is 0.0790. The molecular weight excluding hydrogens is 416 g/mol. The number of hydrogen-bond donors (Lipinski definition) is 8. The van der Waals surface area contributed by atoms with Crippen LogP contribution in [0.2, 0.25) is 0 Å². The number of rotatable bonds is 13. The Balaban J connectivity index is 2.65. The summed E-state index contributed by atoms with van der Waals surface area (Å²) >= 11 is 0. The maximum absolute atomic E-state index is 12.3. The summed E-state index contributed by atoms with van der Waals surface area (Å²) in [5.41, 5.74) is 16.3. The molecule has 15 nitrogen and oxygen atoms in total. The second kappa shape index (κ2) is 11.9. The summed E-state index contributed by atoms with van der Waals surface area (Å²) in [6.45, 7) is -0.702. The summed E-state index contributed by atoms with van der Waals surface area (Å²) in [6, 6.07) is -4.08. The number of carbonyl (C=O) groups excluding carboxylic acids is 5. The lowest BCUT2D eigenvalue weighted by Gasteiger charge is -2.20. The van der Waals surface area contributed by atoms with Crippen molar-refractivity contribution in [3.05, 3.63) is 18.2 Å². The maximum Gasteiger partial charge on any atom is 0.326 e. The molecule has 170 valence electrons. The van der Waals surface area contributed by atoms with E-state index in [1.54, 1.807) is 0 Å². The molecule has 15 heteroatoms. The Morgan fingerprint density at radius 1 is 1.00 bits per heavy atom. The van der Waals surface area contributed by atoms with Gasteiger partial charge >= 0.3 is 5.97 Å². The lowest BCUT2D eigenvalue weighted by atomic mass is 10.1. The molecule has 0 radical (unpaired) electrons. The monoisotopic (exact) mass is 440 g/mol. The van der Waals surface area contributed by atoms with E-state index in [1.807, 2.05) is 5.32 Å². The largest absolute Gasteiger partial charge is 0.480 e. The molecule has 0 aromatic carbocycles. The molecule has 0 aliphatic rings. The number of H-pyrrole nitrogens is 1. The summed E-state index contributed by atoms with van der Waals surface area (Å²) in [6.07, 6.45) is 1.71. The minimum atomic E-state index is -1.58. The van der Waals surface area contributed by atoms with Crippen LogP contribution in [-0.2, 0) is 35.2 Å². The van der Waals surface area contributed by atoms with E-state index in [2.05, 4.69) is 20.6 Å². The van der Waals surface area contributed by atoms with Gasteiger partial charge in [0.25, 0.3) is 0 Å². The number of aliphatic carboxylic acids is 1. The lowest BCUT2D eigenvalue weighted by molar-refractivity contribution is -0.143. The fourth-order valence-electron chi connectivity index (χ4n) is 2.35. The van der Waals surface area contributed by atoms with Gasteiger partial charge in [-0.2, -0.15) is 0 Å².